The van der Waals surface area contributed by atoms with Crippen molar-refractivity contribution in [3.05, 3.63) is 35.9 Å². The Labute approximate surface area is 129 Å². The van der Waals surface area contributed by atoms with E-state index in [9.17, 15) is 9.59 Å². The predicted octanol–water partition coefficient (Wildman–Crippen LogP) is 1.00. The SMILES string of the molecule is N#CCCN(CCC#N)C(=O)CNC(=O)Cc1ccccc1. The maximum Gasteiger partial charge on any atom is 0.242 e. The number of amides is 2. The molecule has 2 amide bonds. The third-order valence-electron chi connectivity index (χ3n) is 2.98. The molecule has 1 N–H and O–H groups in total. The number of nitriles is 2. The highest BCUT2D eigenvalue weighted by atomic mass is 16.2. The standard InChI is InChI=1S/C16H18N4O2/c17-8-4-10-20(11-5-9-18)16(22)13-19-15(21)12-14-6-2-1-3-7-14/h1-3,6-7H,4-5,10-13H2,(H,19,21). The summed E-state index contributed by atoms with van der Waals surface area (Å²) in [5.74, 6) is -0.521. The van der Waals surface area contributed by atoms with E-state index in [0.717, 1.165) is 5.56 Å². The van der Waals surface area contributed by atoms with Crippen LogP contribution in [-0.2, 0) is 16.0 Å². The number of nitrogens with zero attached hydrogens (tertiary/aromatic N) is 3. The Kier molecular flexibility index (Phi) is 7.78. The lowest BCUT2D eigenvalue weighted by Crippen LogP contribution is -2.41. The summed E-state index contributed by atoms with van der Waals surface area (Å²) in [4.78, 5) is 25.2. The van der Waals surface area contributed by atoms with Crippen molar-refractivity contribution in [1.82, 2.24) is 10.2 Å². The van der Waals surface area contributed by atoms with E-state index >= 15 is 0 Å². The second-order valence-electron chi connectivity index (χ2n) is 4.64. The zero-order valence-electron chi connectivity index (χ0n) is 12.3. The first-order valence-electron chi connectivity index (χ1n) is 6.99. The molecule has 0 saturated carbocycles. The van der Waals surface area contributed by atoms with Crippen molar-refractivity contribution < 1.29 is 9.59 Å². The molecule has 6 nitrogen and oxygen atoms in total. The van der Waals surface area contributed by atoms with E-state index in [4.69, 9.17) is 10.5 Å². The van der Waals surface area contributed by atoms with Gasteiger partial charge in [0.2, 0.25) is 11.8 Å². The van der Waals surface area contributed by atoms with Gasteiger partial charge in [0, 0.05) is 13.1 Å². The van der Waals surface area contributed by atoms with Crippen LogP contribution >= 0.6 is 0 Å². The van der Waals surface area contributed by atoms with Crippen LogP contribution in [0.15, 0.2) is 30.3 Å². The molecule has 114 valence electrons. The summed E-state index contributed by atoms with van der Waals surface area (Å²) < 4.78 is 0. The second-order valence-corrected chi connectivity index (χ2v) is 4.64. The van der Waals surface area contributed by atoms with Gasteiger partial charge in [-0.1, -0.05) is 30.3 Å². The minimum absolute atomic E-state index is 0.122. The maximum absolute atomic E-state index is 12.0. The van der Waals surface area contributed by atoms with Crippen molar-refractivity contribution in [2.45, 2.75) is 19.3 Å². The fraction of sp³-hybridized carbons (Fsp3) is 0.375. The molecule has 0 saturated heterocycles. The van der Waals surface area contributed by atoms with Crippen LogP contribution in [0.4, 0.5) is 0 Å². The third-order valence-corrected chi connectivity index (χ3v) is 2.98. The van der Waals surface area contributed by atoms with Crippen molar-refractivity contribution in [1.29, 1.82) is 10.5 Å². The smallest absolute Gasteiger partial charge is 0.242 e. The average molecular weight is 298 g/mol. The molecule has 0 unspecified atom stereocenters. The fourth-order valence-electron chi connectivity index (χ4n) is 1.86. The topological polar surface area (TPSA) is 97.0 Å². The second kappa shape index (κ2) is 9.95. The van der Waals surface area contributed by atoms with Gasteiger partial charge in [-0.05, 0) is 5.56 Å². The Balaban J connectivity index is 2.43. The lowest BCUT2D eigenvalue weighted by atomic mass is 10.1. The molecular weight excluding hydrogens is 280 g/mol. The van der Waals surface area contributed by atoms with Crippen LogP contribution in [0.25, 0.3) is 0 Å². The van der Waals surface area contributed by atoms with Gasteiger partial charge in [0.05, 0.1) is 37.9 Å². The first kappa shape index (κ1) is 17.2. The Morgan fingerprint density at radius 2 is 1.64 bits per heavy atom. The van der Waals surface area contributed by atoms with E-state index in [2.05, 4.69) is 5.32 Å². The molecule has 0 fully saturated rings. The van der Waals surface area contributed by atoms with Gasteiger partial charge in [-0.3, -0.25) is 9.59 Å². The number of rotatable bonds is 8. The minimum atomic E-state index is -0.285. The maximum atomic E-state index is 12.0. The number of hydrogen-bond donors (Lipinski definition) is 1. The van der Waals surface area contributed by atoms with Crippen molar-refractivity contribution in [3.63, 3.8) is 0 Å². The molecular formula is C16H18N4O2. The summed E-state index contributed by atoms with van der Waals surface area (Å²) in [6.45, 7) is 0.416. The van der Waals surface area contributed by atoms with Crippen LogP contribution in [0.2, 0.25) is 0 Å². The van der Waals surface area contributed by atoms with E-state index < -0.39 is 0 Å². The third kappa shape index (κ3) is 6.53. The van der Waals surface area contributed by atoms with Gasteiger partial charge < -0.3 is 10.2 Å². The van der Waals surface area contributed by atoms with E-state index in [0.29, 0.717) is 0 Å². The molecule has 0 aliphatic heterocycles. The highest BCUT2D eigenvalue weighted by Crippen LogP contribution is 1.99. The largest absolute Gasteiger partial charge is 0.347 e. The summed E-state index contributed by atoms with van der Waals surface area (Å²) in [6.07, 6.45) is 0.620. The Morgan fingerprint density at radius 3 is 2.18 bits per heavy atom. The molecule has 6 heteroatoms. The Hall–Kier alpha value is -2.86. The van der Waals surface area contributed by atoms with Crippen LogP contribution in [0, 0.1) is 22.7 Å². The molecule has 1 aromatic rings. The van der Waals surface area contributed by atoms with Gasteiger partial charge in [0.15, 0.2) is 0 Å². The summed E-state index contributed by atoms with van der Waals surface area (Å²) >= 11 is 0. The van der Waals surface area contributed by atoms with Crippen LogP contribution in [0.3, 0.4) is 0 Å². The molecule has 22 heavy (non-hydrogen) atoms. The summed E-state index contributed by atoms with van der Waals surface area (Å²) in [5.41, 5.74) is 0.873. The molecule has 0 aliphatic rings. The lowest BCUT2D eigenvalue weighted by Gasteiger charge is -2.20. The van der Waals surface area contributed by atoms with Crippen molar-refractivity contribution >= 4 is 11.8 Å². The van der Waals surface area contributed by atoms with E-state index in [1.165, 1.54) is 4.90 Å². The Morgan fingerprint density at radius 1 is 1.05 bits per heavy atom. The molecule has 0 heterocycles. The van der Waals surface area contributed by atoms with Gasteiger partial charge in [-0.15, -0.1) is 0 Å². The van der Waals surface area contributed by atoms with Gasteiger partial charge in [-0.2, -0.15) is 10.5 Å². The lowest BCUT2D eigenvalue weighted by molar-refractivity contribution is -0.132. The highest BCUT2D eigenvalue weighted by molar-refractivity contribution is 5.85. The zero-order valence-corrected chi connectivity index (χ0v) is 12.3. The molecule has 1 aromatic carbocycles. The van der Waals surface area contributed by atoms with Crippen molar-refractivity contribution in [2.24, 2.45) is 0 Å². The minimum Gasteiger partial charge on any atom is -0.347 e. The fourth-order valence-corrected chi connectivity index (χ4v) is 1.86. The summed E-state index contributed by atoms with van der Waals surface area (Å²) in [6, 6.07) is 13.2. The number of nitrogens with one attached hydrogen (secondary N) is 1. The first-order valence-corrected chi connectivity index (χ1v) is 6.99. The number of carbonyl (C=O) groups is 2. The van der Waals surface area contributed by atoms with Gasteiger partial charge in [-0.25, -0.2) is 0 Å². The number of carbonyl (C=O) groups excluding carboxylic acids is 2. The van der Waals surface area contributed by atoms with Crippen LogP contribution in [0.5, 0.6) is 0 Å². The van der Waals surface area contributed by atoms with Gasteiger partial charge >= 0.3 is 0 Å². The molecule has 1 rings (SSSR count). The molecule has 0 aromatic heterocycles. The van der Waals surface area contributed by atoms with Crippen LogP contribution < -0.4 is 5.32 Å². The van der Waals surface area contributed by atoms with Gasteiger partial charge in [0.1, 0.15) is 0 Å². The van der Waals surface area contributed by atoms with Crippen LogP contribution in [0.1, 0.15) is 18.4 Å². The quantitative estimate of drug-likeness (QED) is 0.774. The molecule has 0 atom stereocenters. The van der Waals surface area contributed by atoms with Crippen molar-refractivity contribution in [3.8, 4) is 12.1 Å². The first-order chi connectivity index (χ1) is 10.7. The van der Waals surface area contributed by atoms with E-state index in [1.54, 1.807) is 0 Å². The van der Waals surface area contributed by atoms with Gasteiger partial charge in [0.25, 0.3) is 0 Å². The predicted molar refractivity (Wildman–Crippen MR) is 80.2 cm³/mol. The number of benzene rings is 1. The molecule has 0 radical (unpaired) electrons. The number of hydrogen-bond acceptors (Lipinski definition) is 4. The highest BCUT2D eigenvalue weighted by Gasteiger charge is 2.14. The molecule has 0 bridgehead atoms. The van der Waals surface area contributed by atoms with E-state index in [1.807, 2.05) is 42.5 Å². The average Bonchev–Trinajstić information content (AvgIpc) is 2.54. The monoisotopic (exact) mass is 298 g/mol. The van der Waals surface area contributed by atoms with E-state index in [-0.39, 0.29) is 50.7 Å². The van der Waals surface area contributed by atoms with Crippen molar-refractivity contribution in [2.75, 3.05) is 19.6 Å². The Bertz CT molecular complexity index is 554. The van der Waals surface area contributed by atoms with Crippen LogP contribution in [-0.4, -0.2) is 36.3 Å². The molecule has 0 spiro atoms. The zero-order chi connectivity index (χ0) is 16.2. The summed E-state index contributed by atoms with van der Waals surface area (Å²) in [7, 11) is 0. The molecule has 0 aliphatic carbocycles. The summed E-state index contributed by atoms with van der Waals surface area (Å²) in [5, 5.41) is 19.7. The normalized spacial score (nSPS) is 9.36.